The van der Waals surface area contributed by atoms with Crippen LogP contribution in [0.1, 0.15) is 33.3 Å². The maximum Gasteiger partial charge on any atom is 0.177 e. The number of oxime groups is 1. The summed E-state index contributed by atoms with van der Waals surface area (Å²) in [4.78, 5) is 21.1. The number of pyridine rings is 1. The van der Waals surface area contributed by atoms with Crippen molar-refractivity contribution >= 4 is 11.5 Å². The molecule has 0 spiro atoms. The number of nitrogens with zero attached hydrogens (tertiary/aromatic N) is 2. The normalized spacial score (nSPS) is 16.2. The van der Waals surface area contributed by atoms with Crippen molar-refractivity contribution in [2.24, 2.45) is 10.6 Å². The zero-order valence-corrected chi connectivity index (χ0v) is 15.5. The lowest BCUT2D eigenvalue weighted by atomic mass is 9.83. The van der Waals surface area contributed by atoms with Crippen LogP contribution in [0.4, 0.5) is 0 Å². The molecule has 25 heavy (non-hydrogen) atoms. The third kappa shape index (κ3) is 6.89. The summed E-state index contributed by atoms with van der Waals surface area (Å²) < 4.78 is 5.43. The highest BCUT2D eigenvalue weighted by molar-refractivity contribution is 5.93. The third-order valence-electron chi connectivity index (χ3n) is 3.57. The van der Waals surface area contributed by atoms with Crippen molar-refractivity contribution in [3.05, 3.63) is 30.1 Å². The van der Waals surface area contributed by atoms with E-state index in [0.717, 1.165) is 5.56 Å². The summed E-state index contributed by atoms with van der Waals surface area (Å²) in [6.07, 6.45) is 0.557. The molecule has 3 atom stereocenters. The van der Waals surface area contributed by atoms with E-state index in [-0.39, 0.29) is 29.9 Å². The number of aliphatic hydroxyl groups is 2. The van der Waals surface area contributed by atoms with Gasteiger partial charge in [-0.05, 0) is 24.0 Å². The molecule has 0 bridgehead atoms. The minimum absolute atomic E-state index is 0.152. The molecule has 140 valence electrons. The van der Waals surface area contributed by atoms with Gasteiger partial charge in [0.1, 0.15) is 17.9 Å². The molecule has 0 amide bonds. The quantitative estimate of drug-likeness (QED) is 0.514. The predicted molar refractivity (Wildman–Crippen MR) is 94.3 cm³/mol. The summed E-state index contributed by atoms with van der Waals surface area (Å²) in [7, 11) is 1.49. The Morgan fingerprint density at radius 3 is 2.52 bits per heavy atom. The molecule has 7 nitrogen and oxygen atoms in total. The average molecular weight is 352 g/mol. The minimum atomic E-state index is -1.25. The molecule has 1 rings (SSSR count). The molecular formula is C18H28N2O5. The molecule has 0 unspecified atom stereocenters. The second-order valence-electron chi connectivity index (χ2n) is 7.03. The maximum absolute atomic E-state index is 12.0. The number of hydrogen-bond donors (Lipinski definition) is 2. The van der Waals surface area contributed by atoms with Gasteiger partial charge in [0.15, 0.2) is 12.4 Å². The lowest BCUT2D eigenvalue weighted by Crippen LogP contribution is -2.46. The van der Waals surface area contributed by atoms with Gasteiger partial charge in [0, 0.05) is 25.9 Å². The number of aromatic nitrogens is 1. The molecular weight excluding hydrogens is 324 g/mol. The highest BCUT2D eigenvalue weighted by Gasteiger charge is 2.35. The van der Waals surface area contributed by atoms with Crippen molar-refractivity contribution in [3.63, 3.8) is 0 Å². The zero-order chi connectivity index (χ0) is 19.0. The molecule has 0 aliphatic carbocycles. The Kier molecular flexibility index (Phi) is 8.15. The lowest BCUT2D eigenvalue weighted by molar-refractivity contribution is -0.123. The number of carbonyl (C=O) groups excluding carboxylic acids is 1. The Hall–Kier alpha value is -1.83. The second kappa shape index (κ2) is 9.60. The van der Waals surface area contributed by atoms with Gasteiger partial charge in [0.05, 0.1) is 6.10 Å². The van der Waals surface area contributed by atoms with E-state index in [0.29, 0.717) is 0 Å². The number of ketones is 1. The first-order valence-corrected chi connectivity index (χ1v) is 8.16. The first kappa shape index (κ1) is 21.2. The topological polar surface area (TPSA) is 101 Å². The number of carbonyl (C=O) groups is 1. The van der Waals surface area contributed by atoms with Crippen LogP contribution < -0.4 is 0 Å². The highest BCUT2D eigenvalue weighted by Crippen LogP contribution is 2.25. The molecule has 1 aromatic rings. The smallest absolute Gasteiger partial charge is 0.177 e. The van der Waals surface area contributed by atoms with Crippen LogP contribution in [0.3, 0.4) is 0 Å². The summed E-state index contributed by atoms with van der Waals surface area (Å²) in [5.41, 5.74) is 0.556. The summed E-state index contributed by atoms with van der Waals surface area (Å²) in [6, 6.07) is 3.56. The second-order valence-corrected chi connectivity index (χ2v) is 7.03. The summed E-state index contributed by atoms with van der Waals surface area (Å²) in [5.74, 6) is -0.174. The van der Waals surface area contributed by atoms with Gasteiger partial charge < -0.3 is 19.8 Å². The number of aliphatic hydroxyl groups excluding tert-OH is 2. The fraction of sp³-hybridized carbons (Fsp3) is 0.611. The lowest BCUT2D eigenvalue weighted by Gasteiger charge is -2.32. The largest absolute Gasteiger partial charge is 0.390 e. The number of Topliss-reactive ketones (excluding diaryl/α,β-unsaturated/α-hetero) is 1. The predicted octanol–water partition coefficient (Wildman–Crippen LogP) is 1.37. The molecule has 0 aliphatic heterocycles. The Balaban J connectivity index is 2.79. The van der Waals surface area contributed by atoms with Crippen molar-refractivity contribution in [3.8, 4) is 0 Å². The van der Waals surface area contributed by atoms with Crippen molar-refractivity contribution in [2.75, 3.05) is 13.7 Å². The van der Waals surface area contributed by atoms with Gasteiger partial charge in [0.25, 0.3) is 0 Å². The monoisotopic (exact) mass is 352 g/mol. The van der Waals surface area contributed by atoms with E-state index in [2.05, 4.69) is 10.1 Å². The Bertz CT molecular complexity index is 567. The van der Waals surface area contributed by atoms with Gasteiger partial charge in [-0.15, -0.1) is 0 Å². The molecule has 1 heterocycles. The Morgan fingerprint density at radius 2 is 2.04 bits per heavy atom. The molecule has 7 heteroatoms. The fourth-order valence-corrected chi connectivity index (χ4v) is 2.38. The summed E-state index contributed by atoms with van der Waals surface area (Å²) in [5, 5.41) is 23.8. The number of methoxy groups -OCH3 is 1. The van der Waals surface area contributed by atoms with Crippen LogP contribution in [0, 0.1) is 5.41 Å². The molecule has 0 saturated carbocycles. The first-order chi connectivity index (χ1) is 11.7. The molecule has 0 fully saturated rings. The van der Waals surface area contributed by atoms with E-state index in [1.54, 1.807) is 24.5 Å². The molecule has 0 radical (unpaired) electrons. The Morgan fingerprint density at radius 1 is 1.36 bits per heavy atom. The minimum Gasteiger partial charge on any atom is -0.390 e. The zero-order valence-electron chi connectivity index (χ0n) is 15.5. The van der Waals surface area contributed by atoms with Crippen molar-refractivity contribution in [1.29, 1.82) is 0 Å². The van der Waals surface area contributed by atoms with Crippen LogP contribution in [0.25, 0.3) is 0 Å². The van der Waals surface area contributed by atoms with Crippen LogP contribution in [0.5, 0.6) is 0 Å². The Labute approximate surface area is 148 Å². The molecule has 1 aromatic heterocycles. The highest BCUT2D eigenvalue weighted by atomic mass is 16.6. The number of hydrogen-bond acceptors (Lipinski definition) is 7. The van der Waals surface area contributed by atoms with Crippen LogP contribution in [0.2, 0.25) is 0 Å². The molecule has 0 aromatic carbocycles. The average Bonchev–Trinajstić information content (AvgIpc) is 2.53. The molecule has 0 saturated heterocycles. The van der Waals surface area contributed by atoms with Crippen LogP contribution in [-0.4, -0.2) is 58.7 Å². The first-order valence-electron chi connectivity index (χ1n) is 8.16. The summed E-state index contributed by atoms with van der Waals surface area (Å²) >= 11 is 0. The van der Waals surface area contributed by atoms with Gasteiger partial charge in [0.2, 0.25) is 0 Å². The van der Waals surface area contributed by atoms with Gasteiger partial charge in [-0.25, -0.2) is 0 Å². The van der Waals surface area contributed by atoms with Gasteiger partial charge in [-0.2, -0.15) is 0 Å². The van der Waals surface area contributed by atoms with Gasteiger partial charge >= 0.3 is 0 Å². The van der Waals surface area contributed by atoms with Crippen molar-refractivity contribution in [2.45, 2.75) is 52.4 Å². The SMILES string of the molecule is CO[C@H](/C(=N/OCC(=O)Cc1cccnc1)[C@@H](O)[C@@H](C)O)C(C)(C)C. The van der Waals surface area contributed by atoms with Gasteiger partial charge in [-0.3, -0.25) is 9.78 Å². The van der Waals surface area contributed by atoms with E-state index >= 15 is 0 Å². The van der Waals surface area contributed by atoms with Gasteiger partial charge in [-0.1, -0.05) is 32.0 Å². The van der Waals surface area contributed by atoms with E-state index in [1.807, 2.05) is 20.8 Å². The van der Waals surface area contributed by atoms with E-state index in [9.17, 15) is 15.0 Å². The van der Waals surface area contributed by atoms with E-state index in [1.165, 1.54) is 14.0 Å². The third-order valence-corrected chi connectivity index (χ3v) is 3.57. The van der Waals surface area contributed by atoms with Crippen LogP contribution in [0.15, 0.2) is 29.7 Å². The van der Waals surface area contributed by atoms with Crippen LogP contribution >= 0.6 is 0 Å². The number of rotatable bonds is 9. The van der Waals surface area contributed by atoms with E-state index in [4.69, 9.17) is 9.57 Å². The van der Waals surface area contributed by atoms with Crippen molar-refractivity contribution in [1.82, 2.24) is 4.98 Å². The molecule has 2 N–H and O–H groups in total. The standard InChI is InChI=1S/C18H28N2O5/c1-12(21)16(23)15(17(24-5)18(2,3)4)20-25-11-14(22)9-13-7-6-8-19-10-13/h6-8,10,12,16-17,21,23H,9,11H2,1-5H3/b20-15+/t12-,16+,17-/m1/s1. The fourth-order valence-electron chi connectivity index (χ4n) is 2.38. The summed E-state index contributed by atoms with van der Waals surface area (Å²) in [6.45, 7) is 6.95. The number of ether oxygens (including phenoxy) is 1. The maximum atomic E-state index is 12.0. The molecule has 0 aliphatic rings. The van der Waals surface area contributed by atoms with E-state index < -0.39 is 18.3 Å². The van der Waals surface area contributed by atoms with Crippen LogP contribution in [-0.2, 0) is 20.8 Å². The van der Waals surface area contributed by atoms with Crippen molar-refractivity contribution < 1.29 is 24.6 Å².